The number of carbonyl (C=O) groups is 4. The molecular formula is C32H38N2O11. The van der Waals surface area contributed by atoms with Gasteiger partial charge in [-0.05, 0) is 25.8 Å². The number of hydrogen-bond acceptors (Lipinski definition) is 12. The van der Waals surface area contributed by atoms with E-state index in [2.05, 4.69) is 5.32 Å². The Hall–Kier alpha value is -3.88. The Balaban J connectivity index is 1.58. The van der Waals surface area contributed by atoms with E-state index in [1.165, 1.54) is 25.3 Å². The molecule has 0 aromatic heterocycles. The van der Waals surface area contributed by atoms with Gasteiger partial charge in [0, 0.05) is 36.0 Å². The first kappa shape index (κ1) is 32.5. The van der Waals surface area contributed by atoms with Crippen LogP contribution in [0, 0.1) is 5.92 Å². The highest BCUT2D eigenvalue weighted by atomic mass is 16.7. The van der Waals surface area contributed by atoms with Crippen molar-refractivity contribution in [2.24, 2.45) is 11.7 Å². The highest BCUT2D eigenvalue weighted by Gasteiger charge is 2.49. The van der Waals surface area contributed by atoms with E-state index in [-0.39, 0.29) is 40.3 Å². The lowest BCUT2D eigenvalue weighted by Gasteiger charge is -2.43. The molecule has 1 aliphatic heterocycles. The lowest BCUT2D eigenvalue weighted by Crippen LogP contribution is -2.58. The van der Waals surface area contributed by atoms with Crippen LogP contribution in [0.25, 0.3) is 0 Å². The summed E-state index contributed by atoms with van der Waals surface area (Å²) in [5, 5.41) is 48.0. The van der Waals surface area contributed by atoms with Gasteiger partial charge in [0.2, 0.25) is 11.7 Å². The molecular weight excluding hydrogens is 588 g/mol. The van der Waals surface area contributed by atoms with Crippen LogP contribution in [-0.4, -0.2) is 87.0 Å². The van der Waals surface area contributed by atoms with Gasteiger partial charge in [0.25, 0.3) is 0 Å². The van der Waals surface area contributed by atoms with Gasteiger partial charge >= 0.3 is 0 Å². The number of rotatable bonds is 7. The van der Waals surface area contributed by atoms with E-state index < -0.39 is 101 Å². The van der Waals surface area contributed by atoms with Gasteiger partial charge < -0.3 is 45.7 Å². The van der Waals surface area contributed by atoms with Crippen LogP contribution in [0.2, 0.25) is 0 Å². The lowest BCUT2D eigenvalue weighted by molar-refractivity contribution is -0.249. The fourth-order valence-electron chi connectivity index (χ4n) is 6.35. The number of fused-ring (bicyclic) bond motifs is 3. The Bertz CT molecular complexity index is 1590. The summed E-state index contributed by atoms with van der Waals surface area (Å²) in [6.07, 6.45) is -5.38. The molecule has 0 saturated carbocycles. The van der Waals surface area contributed by atoms with E-state index in [4.69, 9.17) is 19.9 Å². The minimum atomic E-state index is -2.07. The molecule has 5 unspecified atom stereocenters. The minimum absolute atomic E-state index is 0.0413. The number of ketones is 3. The summed E-state index contributed by atoms with van der Waals surface area (Å²) in [7, 11) is 1.33. The van der Waals surface area contributed by atoms with Crippen LogP contribution in [-0.2, 0) is 25.5 Å². The molecule has 2 aromatic carbocycles. The molecule has 7 atom stereocenters. The standard InChI is InChI=1S/C32H38N2O11/c1-12(2)25(33)31(41)34-17-9-20(44-13(3)26(17)36)45-19-11-32(42,14(4)35)10-16-22(19)30(40)24-23(28(16)38)27(37)15-7-6-8-18(43-5)21(15)29(24)39/h6-8,12-13,17,19-20,25-26,36,38,40,42H,9-11,33H2,1-5H3,(H,34,41)/t13?,17?,19-,20?,25?,26?,32-/m0/s1. The number of benzene rings is 2. The van der Waals surface area contributed by atoms with Crippen molar-refractivity contribution in [2.75, 3.05) is 7.11 Å². The molecule has 3 aliphatic rings. The molecule has 45 heavy (non-hydrogen) atoms. The second-order valence-corrected chi connectivity index (χ2v) is 12.4. The van der Waals surface area contributed by atoms with Crippen LogP contribution in [0.1, 0.15) is 89.6 Å². The van der Waals surface area contributed by atoms with E-state index in [0.717, 1.165) is 6.92 Å². The largest absolute Gasteiger partial charge is 0.507 e. The Morgan fingerprint density at radius 3 is 2.40 bits per heavy atom. The topological polar surface area (TPSA) is 215 Å². The Morgan fingerprint density at radius 1 is 1.11 bits per heavy atom. The maximum absolute atomic E-state index is 13.8. The van der Waals surface area contributed by atoms with Gasteiger partial charge in [-0.3, -0.25) is 19.2 Å². The Labute approximate surface area is 259 Å². The van der Waals surface area contributed by atoms with Crippen molar-refractivity contribution < 1.29 is 53.8 Å². The molecule has 0 bridgehead atoms. The number of ether oxygens (including phenoxy) is 3. The number of aromatic hydroxyl groups is 2. The first-order valence-electron chi connectivity index (χ1n) is 14.8. The van der Waals surface area contributed by atoms with Crippen molar-refractivity contribution in [3.63, 3.8) is 0 Å². The van der Waals surface area contributed by atoms with Gasteiger partial charge in [-0.1, -0.05) is 26.0 Å². The number of hydrogen-bond donors (Lipinski definition) is 6. The smallest absolute Gasteiger partial charge is 0.237 e. The molecule has 7 N–H and O–H groups in total. The van der Waals surface area contributed by atoms with Crippen molar-refractivity contribution in [1.82, 2.24) is 5.32 Å². The number of phenols is 2. The molecule has 1 saturated heterocycles. The molecule has 5 rings (SSSR count). The van der Waals surface area contributed by atoms with Crippen LogP contribution in [0.15, 0.2) is 18.2 Å². The van der Waals surface area contributed by atoms with E-state index in [0.29, 0.717) is 0 Å². The molecule has 2 aliphatic carbocycles. The van der Waals surface area contributed by atoms with E-state index in [1.807, 2.05) is 0 Å². The van der Waals surface area contributed by atoms with Crippen LogP contribution < -0.4 is 15.8 Å². The molecule has 0 radical (unpaired) electrons. The number of aliphatic hydroxyl groups excluding tert-OH is 1. The summed E-state index contributed by atoms with van der Waals surface area (Å²) in [6.45, 7) is 6.29. The monoisotopic (exact) mass is 626 g/mol. The second kappa shape index (κ2) is 11.8. The van der Waals surface area contributed by atoms with Crippen LogP contribution in [0.5, 0.6) is 17.2 Å². The average Bonchev–Trinajstić information content (AvgIpc) is 2.98. The minimum Gasteiger partial charge on any atom is -0.507 e. The third kappa shape index (κ3) is 5.38. The van der Waals surface area contributed by atoms with Gasteiger partial charge in [0.15, 0.2) is 17.9 Å². The maximum atomic E-state index is 13.8. The predicted molar refractivity (Wildman–Crippen MR) is 157 cm³/mol. The fourth-order valence-corrected chi connectivity index (χ4v) is 6.35. The zero-order chi connectivity index (χ0) is 33.1. The van der Waals surface area contributed by atoms with E-state index in [9.17, 15) is 39.6 Å². The zero-order valence-corrected chi connectivity index (χ0v) is 25.6. The van der Waals surface area contributed by atoms with Crippen LogP contribution in [0.4, 0.5) is 0 Å². The zero-order valence-electron chi connectivity index (χ0n) is 25.6. The first-order chi connectivity index (χ1) is 21.1. The molecule has 1 heterocycles. The molecule has 1 fully saturated rings. The van der Waals surface area contributed by atoms with Gasteiger partial charge in [0.1, 0.15) is 29.0 Å². The number of Topliss-reactive ketones (excluding diaryl/α,β-unsaturated/α-hetero) is 1. The lowest BCUT2D eigenvalue weighted by atomic mass is 9.72. The quantitative estimate of drug-likeness (QED) is 0.204. The predicted octanol–water partition coefficient (Wildman–Crippen LogP) is 1.17. The third-order valence-electron chi connectivity index (χ3n) is 9.10. The number of methoxy groups -OCH3 is 1. The summed E-state index contributed by atoms with van der Waals surface area (Å²) in [5.41, 5.74) is 2.63. The number of amides is 1. The molecule has 13 heteroatoms. The SMILES string of the molecule is COc1cccc2c1C(=O)c1c(O)c3c(c(O)c1C2=O)C[C@@](O)(C(C)=O)C[C@@H]3OC1CC(NC(=O)C(N)C(C)C)C(O)C(C)O1. The van der Waals surface area contributed by atoms with Gasteiger partial charge in [-0.15, -0.1) is 0 Å². The molecule has 13 nitrogen and oxygen atoms in total. The molecule has 2 aromatic rings. The van der Waals surface area contributed by atoms with E-state index in [1.54, 1.807) is 20.8 Å². The third-order valence-corrected chi connectivity index (χ3v) is 9.10. The van der Waals surface area contributed by atoms with Crippen molar-refractivity contribution in [2.45, 2.75) is 89.2 Å². The van der Waals surface area contributed by atoms with Crippen LogP contribution in [0.3, 0.4) is 0 Å². The highest BCUT2D eigenvalue weighted by Crippen LogP contribution is 2.52. The Kier molecular flexibility index (Phi) is 8.53. The van der Waals surface area contributed by atoms with Crippen molar-refractivity contribution in [1.29, 1.82) is 0 Å². The fraction of sp³-hybridized carbons (Fsp3) is 0.500. The first-order valence-corrected chi connectivity index (χ1v) is 14.8. The maximum Gasteiger partial charge on any atom is 0.237 e. The van der Waals surface area contributed by atoms with E-state index >= 15 is 0 Å². The Morgan fingerprint density at radius 2 is 1.78 bits per heavy atom. The number of aliphatic hydroxyl groups is 2. The van der Waals surface area contributed by atoms with Gasteiger partial charge in [0.05, 0.1) is 48.1 Å². The number of nitrogens with one attached hydrogen (secondary N) is 1. The summed E-state index contributed by atoms with van der Waals surface area (Å²) in [5.74, 6) is -4.05. The molecule has 1 amide bonds. The van der Waals surface area contributed by atoms with Gasteiger partial charge in [-0.2, -0.15) is 0 Å². The average molecular weight is 627 g/mol. The van der Waals surface area contributed by atoms with Crippen molar-refractivity contribution >= 4 is 23.3 Å². The van der Waals surface area contributed by atoms with Gasteiger partial charge in [-0.25, -0.2) is 0 Å². The highest BCUT2D eigenvalue weighted by molar-refractivity contribution is 6.31. The number of phenolic OH excluding ortho intramolecular Hbond substituents is 2. The second-order valence-electron chi connectivity index (χ2n) is 12.4. The molecule has 242 valence electrons. The summed E-state index contributed by atoms with van der Waals surface area (Å²) in [6, 6.07) is 2.71. The van der Waals surface area contributed by atoms with Crippen molar-refractivity contribution in [3.05, 3.63) is 51.6 Å². The number of nitrogens with two attached hydrogens (primary N) is 1. The molecule has 0 spiro atoms. The summed E-state index contributed by atoms with van der Waals surface area (Å²) >= 11 is 0. The summed E-state index contributed by atoms with van der Waals surface area (Å²) < 4.78 is 17.4. The normalized spacial score (nSPS) is 28.2. The summed E-state index contributed by atoms with van der Waals surface area (Å²) in [4.78, 5) is 52.8. The van der Waals surface area contributed by atoms with Crippen LogP contribution >= 0.6 is 0 Å². The number of carbonyl (C=O) groups excluding carboxylic acids is 4. The van der Waals surface area contributed by atoms with Crippen molar-refractivity contribution in [3.8, 4) is 17.2 Å².